The number of aliphatic hydroxyl groups is 2. The van der Waals surface area contributed by atoms with E-state index >= 15 is 0 Å². The molecule has 5 nitrogen and oxygen atoms in total. The first-order chi connectivity index (χ1) is 14.0. The van der Waals surface area contributed by atoms with Crippen LogP contribution in [0.15, 0.2) is 24.3 Å². The molecule has 29 heavy (non-hydrogen) atoms. The molecule has 6 heteroatoms. The number of hydrogen-bond acceptors (Lipinski definition) is 6. The summed E-state index contributed by atoms with van der Waals surface area (Å²) in [5.41, 5.74) is 0. The van der Waals surface area contributed by atoms with Crippen molar-refractivity contribution in [2.24, 2.45) is 11.8 Å². The first-order valence-corrected chi connectivity index (χ1v) is 11.9. The summed E-state index contributed by atoms with van der Waals surface area (Å²) in [7, 11) is 1.39. The molecule has 2 N–H and O–H groups in total. The number of carbonyl (C=O) groups excluding carboxylic acids is 2. The van der Waals surface area contributed by atoms with E-state index in [0.717, 1.165) is 38.5 Å². The van der Waals surface area contributed by atoms with Gasteiger partial charge in [0.25, 0.3) is 0 Å². The molecule has 1 fully saturated rings. The maximum absolute atomic E-state index is 12.6. The fourth-order valence-electron chi connectivity index (χ4n) is 3.66. The fraction of sp³-hybridized carbons (Fsp3) is 0.739. The van der Waals surface area contributed by atoms with Crippen molar-refractivity contribution in [1.82, 2.24) is 0 Å². The number of allylic oxidation sites excluding steroid dienone is 3. The molecule has 1 aliphatic rings. The van der Waals surface area contributed by atoms with Crippen LogP contribution < -0.4 is 0 Å². The van der Waals surface area contributed by atoms with E-state index < -0.39 is 6.10 Å². The summed E-state index contributed by atoms with van der Waals surface area (Å²) < 4.78 is 4.63. The van der Waals surface area contributed by atoms with Crippen LogP contribution in [0.5, 0.6) is 0 Å². The monoisotopic (exact) mass is 426 g/mol. The molecular formula is C23H38O5S. The standard InChI is InChI=1S/C23H38O5S/c1-3-4-7-10-18(25)13-14-20-19(21(26)17-22(20)29-16-15-24)11-8-5-6-9-12-23(27)28-2/h5,8,13-14,18-20,22,24-25H,3-4,6-7,9-12,15-17H2,1-2H3/b8-5-,14-13+/t18-,19+,20+,22+/m0/s1. The molecule has 0 aliphatic heterocycles. The van der Waals surface area contributed by atoms with Gasteiger partial charge in [-0.15, -0.1) is 0 Å². The van der Waals surface area contributed by atoms with Gasteiger partial charge in [-0.1, -0.05) is 50.5 Å². The highest BCUT2D eigenvalue weighted by molar-refractivity contribution is 8.00. The van der Waals surface area contributed by atoms with E-state index in [-0.39, 0.29) is 35.4 Å². The van der Waals surface area contributed by atoms with Gasteiger partial charge in [0.2, 0.25) is 0 Å². The summed E-state index contributed by atoms with van der Waals surface area (Å²) in [5, 5.41) is 19.5. The van der Waals surface area contributed by atoms with Crippen LogP contribution in [0.1, 0.15) is 64.7 Å². The van der Waals surface area contributed by atoms with E-state index in [2.05, 4.69) is 11.7 Å². The van der Waals surface area contributed by atoms with Gasteiger partial charge in [0.1, 0.15) is 5.78 Å². The molecule has 0 amide bonds. The third-order valence-corrected chi connectivity index (χ3v) is 6.66. The van der Waals surface area contributed by atoms with Gasteiger partial charge in [-0.25, -0.2) is 0 Å². The number of hydrogen-bond donors (Lipinski definition) is 2. The van der Waals surface area contributed by atoms with Crippen molar-refractivity contribution in [2.75, 3.05) is 19.5 Å². The lowest BCUT2D eigenvalue weighted by Crippen LogP contribution is -2.18. The van der Waals surface area contributed by atoms with Gasteiger partial charge in [-0.05, 0) is 31.6 Å². The second-order valence-corrected chi connectivity index (χ2v) is 8.96. The third kappa shape index (κ3) is 10.5. The molecule has 0 aromatic heterocycles. The van der Waals surface area contributed by atoms with Crippen molar-refractivity contribution in [3.63, 3.8) is 0 Å². The Morgan fingerprint density at radius 1 is 1.31 bits per heavy atom. The second kappa shape index (κ2) is 15.7. The minimum absolute atomic E-state index is 0.0814. The number of ether oxygens (including phenoxy) is 1. The summed E-state index contributed by atoms with van der Waals surface area (Å²) >= 11 is 1.65. The zero-order chi connectivity index (χ0) is 21.5. The van der Waals surface area contributed by atoms with Gasteiger partial charge in [-0.3, -0.25) is 9.59 Å². The number of rotatable bonds is 15. The quantitative estimate of drug-likeness (QED) is 0.233. The third-order valence-electron chi connectivity index (χ3n) is 5.33. The van der Waals surface area contributed by atoms with Crippen LogP contribution in [0.3, 0.4) is 0 Å². The second-order valence-electron chi connectivity index (χ2n) is 7.61. The van der Waals surface area contributed by atoms with E-state index in [1.165, 1.54) is 7.11 Å². The van der Waals surface area contributed by atoms with Crippen molar-refractivity contribution < 1.29 is 24.5 Å². The predicted octanol–water partition coefficient (Wildman–Crippen LogP) is 4.07. The van der Waals surface area contributed by atoms with Gasteiger partial charge in [0.05, 0.1) is 19.8 Å². The zero-order valence-electron chi connectivity index (χ0n) is 17.9. The molecular weight excluding hydrogens is 388 g/mol. The van der Waals surface area contributed by atoms with Gasteiger partial charge >= 0.3 is 5.97 Å². The average molecular weight is 427 g/mol. The first kappa shape index (κ1) is 25.9. The number of esters is 1. The Bertz CT molecular complexity index is 531. The van der Waals surface area contributed by atoms with Gasteiger partial charge < -0.3 is 14.9 Å². The summed E-state index contributed by atoms with van der Waals surface area (Å²) in [4.78, 5) is 23.7. The van der Waals surface area contributed by atoms with Crippen molar-refractivity contribution in [3.8, 4) is 0 Å². The van der Waals surface area contributed by atoms with Crippen LogP contribution in [-0.4, -0.2) is 52.8 Å². The highest BCUT2D eigenvalue weighted by Crippen LogP contribution is 2.40. The molecule has 1 rings (SSSR count). The number of aliphatic hydroxyl groups excluding tert-OH is 2. The molecule has 166 valence electrons. The smallest absolute Gasteiger partial charge is 0.305 e. The molecule has 0 aromatic rings. The Kier molecular flexibility index (Phi) is 14.0. The molecule has 0 unspecified atom stereocenters. The maximum atomic E-state index is 12.6. The maximum Gasteiger partial charge on any atom is 0.305 e. The van der Waals surface area contributed by atoms with Crippen LogP contribution in [0, 0.1) is 11.8 Å². The summed E-state index contributed by atoms with van der Waals surface area (Å²) in [6.07, 6.45) is 14.6. The Morgan fingerprint density at radius 3 is 2.79 bits per heavy atom. The van der Waals surface area contributed by atoms with Crippen LogP contribution in [0.4, 0.5) is 0 Å². The largest absolute Gasteiger partial charge is 0.469 e. The number of unbranched alkanes of at least 4 members (excludes halogenated alkanes) is 3. The molecule has 0 saturated heterocycles. The summed E-state index contributed by atoms with van der Waals surface area (Å²) in [6.45, 7) is 2.25. The summed E-state index contributed by atoms with van der Waals surface area (Å²) in [5.74, 6) is 0.685. The van der Waals surface area contributed by atoms with Crippen molar-refractivity contribution in [1.29, 1.82) is 0 Å². The van der Waals surface area contributed by atoms with E-state index in [0.29, 0.717) is 25.0 Å². The highest BCUT2D eigenvalue weighted by Gasteiger charge is 2.40. The minimum atomic E-state index is -0.463. The van der Waals surface area contributed by atoms with Gasteiger partial charge in [0, 0.05) is 29.8 Å². The first-order valence-electron chi connectivity index (χ1n) is 10.9. The SMILES string of the molecule is CCCCC[C@H](O)/C=C/[C@H]1[C@H](SCCO)CC(=O)[C@@H]1C/C=C\CCCC(=O)OC. The Labute approximate surface area is 180 Å². The van der Waals surface area contributed by atoms with Gasteiger partial charge in [0.15, 0.2) is 0 Å². The van der Waals surface area contributed by atoms with E-state index in [1.54, 1.807) is 11.8 Å². The Balaban J connectivity index is 2.63. The van der Waals surface area contributed by atoms with Crippen molar-refractivity contribution >= 4 is 23.5 Å². The van der Waals surface area contributed by atoms with Crippen LogP contribution in [0.25, 0.3) is 0 Å². The van der Waals surface area contributed by atoms with E-state index in [4.69, 9.17) is 5.11 Å². The van der Waals surface area contributed by atoms with Crippen LogP contribution in [-0.2, 0) is 14.3 Å². The average Bonchev–Trinajstić information content (AvgIpc) is 3.01. The predicted molar refractivity (Wildman–Crippen MR) is 119 cm³/mol. The number of thioether (sulfide) groups is 1. The number of Topliss-reactive ketones (excluding diaryl/α,β-unsaturated/α-hetero) is 1. The Hall–Kier alpha value is -1.11. The zero-order valence-corrected chi connectivity index (χ0v) is 18.7. The van der Waals surface area contributed by atoms with E-state index in [9.17, 15) is 14.7 Å². The lowest BCUT2D eigenvalue weighted by Gasteiger charge is -2.20. The van der Waals surface area contributed by atoms with Crippen LogP contribution >= 0.6 is 11.8 Å². The lowest BCUT2D eigenvalue weighted by atomic mass is 9.91. The normalized spacial score (nSPS) is 23.3. The molecule has 0 radical (unpaired) electrons. The molecule has 0 aromatic carbocycles. The van der Waals surface area contributed by atoms with Gasteiger partial charge in [-0.2, -0.15) is 11.8 Å². The van der Waals surface area contributed by atoms with Crippen molar-refractivity contribution in [3.05, 3.63) is 24.3 Å². The molecule has 0 bridgehead atoms. The number of carbonyl (C=O) groups is 2. The molecule has 1 aliphatic carbocycles. The van der Waals surface area contributed by atoms with Crippen LogP contribution in [0.2, 0.25) is 0 Å². The van der Waals surface area contributed by atoms with E-state index in [1.807, 2.05) is 24.3 Å². The molecule has 1 saturated carbocycles. The highest BCUT2D eigenvalue weighted by atomic mass is 32.2. The molecule has 0 heterocycles. The topological polar surface area (TPSA) is 83.8 Å². The van der Waals surface area contributed by atoms with Crippen molar-refractivity contribution in [2.45, 2.75) is 76.1 Å². The number of ketones is 1. The fourth-order valence-corrected chi connectivity index (χ4v) is 4.86. The minimum Gasteiger partial charge on any atom is -0.469 e. The molecule has 0 spiro atoms. The number of methoxy groups -OCH3 is 1. The Morgan fingerprint density at radius 2 is 2.10 bits per heavy atom. The summed E-state index contributed by atoms with van der Waals surface area (Å²) in [6, 6.07) is 0. The molecule has 4 atom stereocenters. The lowest BCUT2D eigenvalue weighted by molar-refractivity contribution is -0.140.